The number of carbonyl (C=O) groups is 1. The van der Waals surface area contributed by atoms with Crippen molar-refractivity contribution in [1.29, 1.82) is 0 Å². The van der Waals surface area contributed by atoms with E-state index in [9.17, 15) is 4.79 Å². The van der Waals surface area contributed by atoms with Gasteiger partial charge in [-0.25, -0.2) is 0 Å². The number of amides is 1. The predicted octanol–water partition coefficient (Wildman–Crippen LogP) is 0.910. The van der Waals surface area contributed by atoms with Crippen LogP contribution >= 0.6 is 0 Å². The first-order valence-corrected chi connectivity index (χ1v) is 6.58. The molecule has 1 unspecified atom stereocenters. The van der Waals surface area contributed by atoms with Crippen molar-refractivity contribution in [2.45, 2.75) is 13.0 Å². The van der Waals surface area contributed by atoms with Crippen LogP contribution in [0.25, 0.3) is 0 Å². The minimum atomic E-state index is -0.228. The normalized spacial score (nSPS) is 11.8. The average molecular weight is 270 g/mol. The molecule has 0 radical (unpaired) electrons. The maximum atomic E-state index is 12.1. The molecule has 0 aliphatic rings. The Labute approximate surface area is 118 Å². The monoisotopic (exact) mass is 270 g/mol. The molecule has 1 amide bonds. The second kappa shape index (κ2) is 7.35. The summed E-state index contributed by atoms with van der Waals surface area (Å²) in [5, 5.41) is 10.5. The van der Waals surface area contributed by atoms with E-state index < -0.39 is 0 Å². The van der Waals surface area contributed by atoms with E-state index in [0.29, 0.717) is 19.5 Å². The SMILES string of the molecule is NCC(Cc1ccccc1)C(=O)NCc1cccnn1. The van der Waals surface area contributed by atoms with Crippen LogP contribution in [0.4, 0.5) is 0 Å². The van der Waals surface area contributed by atoms with Gasteiger partial charge in [0.15, 0.2) is 0 Å². The molecule has 0 aliphatic carbocycles. The van der Waals surface area contributed by atoms with Crippen molar-refractivity contribution in [2.24, 2.45) is 11.7 Å². The highest BCUT2D eigenvalue weighted by Crippen LogP contribution is 2.08. The summed E-state index contributed by atoms with van der Waals surface area (Å²) in [5.41, 5.74) is 7.54. The number of carbonyl (C=O) groups excluding carboxylic acids is 1. The quantitative estimate of drug-likeness (QED) is 0.817. The van der Waals surface area contributed by atoms with Crippen LogP contribution in [0.5, 0.6) is 0 Å². The van der Waals surface area contributed by atoms with E-state index in [0.717, 1.165) is 11.3 Å². The Hall–Kier alpha value is -2.27. The highest BCUT2D eigenvalue weighted by atomic mass is 16.1. The Bertz CT molecular complexity index is 530. The van der Waals surface area contributed by atoms with Crippen molar-refractivity contribution in [3.8, 4) is 0 Å². The van der Waals surface area contributed by atoms with Crippen molar-refractivity contribution in [3.63, 3.8) is 0 Å². The summed E-state index contributed by atoms with van der Waals surface area (Å²) in [7, 11) is 0. The maximum absolute atomic E-state index is 12.1. The highest BCUT2D eigenvalue weighted by Gasteiger charge is 2.17. The lowest BCUT2D eigenvalue weighted by Gasteiger charge is -2.14. The lowest BCUT2D eigenvalue weighted by Crippen LogP contribution is -2.36. The Morgan fingerprint density at radius 2 is 2.00 bits per heavy atom. The molecule has 1 atom stereocenters. The molecule has 0 saturated heterocycles. The molecule has 3 N–H and O–H groups in total. The van der Waals surface area contributed by atoms with Crippen molar-refractivity contribution in [1.82, 2.24) is 15.5 Å². The molecule has 0 aliphatic heterocycles. The first kappa shape index (κ1) is 14.1. The predicted molar refractivity (Wildman–Crippen MR) is 76.6 cm³/mol. The second-order valence-corrected chi connectivity index (χ2v) is 4.56. The number of rotatable bonds is 6. The van der Waals surface area contributed by atoms with Crippen molar-refractivity contribution in [3.05, 3.63) is 59.9 Å². The number of nitrogens with two attached hydrogens (primary N) is 1. The Kier molecular flexibility index (Phi) is 5.20. The molecule has 5 heteroatoms. The summed E-state index contributed by atoms with van der Waals surface area (Å²) < 4.78 is 0. The minimum absolute atomic E-state index is 0.0537. The number of hydrogen-bond donors (Lipinski definition) is 2. The summed E-state index contributed by atoms with van der Waals surface area (Å²) in [6, 6.07) is 13.5. The smallest absolute Gasteiger partial charge is 0.225 e. The van der Waals surface area contributed by atoms with Crippen molar-refractivity contribution in [2.75, 3.05) is 6.54 Å². The van der Waals surface area contributed by atoms with E-state index in [1.54, 1.807) is 12.3 Å². The molecule has 5 nitrogen and oxygen atoms in total. The lowest BCUT2D eigenvalue weighted by molar-refractivity contribution is -0.124. The van der Waals surface area contributed by atoms with E-state index in [-0.39, 0.29) is 11.8 Å². The van der Waals surface area contributed by atoms with Crippen LogP contribution in [0.2, 0.25) is 0 Å². The maximum Gasteiger partial charge on any atom is 0.225 e. The zero-order valence-electron chi connectivity index (χ0n) is 11.2. The molecule has 20 heavy (non-hydrogen) atoms. The summed E-state index contributed by atoms with van der Waals surface area (Å²) in [4.78, 5) is 12.1. The summed E-state index contributed by atoms with van der Waals surface area (Å²) in [6.07, 6.45) is 2.24. The van der Waals surface area contributed by atoms with Crippen LogP contribution in [0, 0.1) is 5.92 Å². The molecule has 0 saturated carbocycles. The van der Waals surface area contributed by atoms with E-state index in [1.807, 2.05) is 36.4 Å². The standard InChI is InChI=1S/C15H18N4O/c16-10-13(9-12-5-2-1-3-6-12)15(20)17-11-14-7-4-8-18-19-14/h1-8,13H,9-11,16H2,(H,17,20). The largest absolute Gasteiger partial charge is 0.350 e. The number of benzene rings is 1. The molecule has 0 spiro atoms. The molecule has 0 fully saturated rings. The van der Waals surface area contributed by atoms with E-state index >= 15 is 0 Å². The van der Waals surface area contributed by atoms with Crippen LogP contribution in [0.3, 0.4) is 0 Å². The minimum Gasteiger partial charge on any atom is -0.350 e. The third-order valence-electron chi connectivity index (χ3n) is 3.05. The van der Waals surface area contributed by atoms with Gasteiger partial charge < -0.3 is 11.1 Å². The van der Waals surface area contributed by atoms with Crippen LogP contribution < -0.4 is 11.1 Å². The van der Waals surface area contributed by atoms with E-state index in [4.69, 9.17) is 5.73 Å². The third kappa shape index (κ3) is 4.13. The van der Waals surface area contributed by atoms with Crippen LogP contribution in [0.1, 0.15) is 11.3 Å². The van der Waals surface area contributed by atoms with E-state index in [2.05, 4.69) is 15.5 Å². The van der Waals surface area contributed by atoms with E-state index in [1.165, 1.54) is 0 Å². The highest BCUT2D eigenvalue weighted by molar-refractivity contribution is 5.79. The molecular formula is C15H18N4O. The molecule has 1 heterocycles. The van der Waals surface area contributed by atoms with Crippen LogP contribution in [-0.2, 0) is 17.8 Å². The van der Waals surface area contributed by atoms with Gasteiger partial charge in [0.25, 0.3) is 0 Å². The first-order valence-electron chi connectivity index (χ1n) is 6.58. The Balaban J connectivity index is 1.89. The van der Waals surface area contributed by atoms with Gasteiger partial charge in [-0.3, -0.25) is 4.79 Å². The third-order valence-corrected chi connectivity index (χ3v) is 3.05. The van der Waals surface area contributed by atoms with Gasteiger partial charge in [-0.2, -0.15) is 10.2 Å². The fraction of sp³-hybridized carbons (Fsp3) is 0.267. The van der Waals surface area contributed by atoms with Gasteiger partial charge in [0.2, 0.25) is 5.91 Å². The van der Waals surface area contributed by atoms with Crippen LogP contribution in [-0.4, -0.2) is 22.6 Å². The van der Waals surface area contributed by atoms with Gasteiger partial charge in [-0.1, -0.05) is 30.3 Å². The lowest BCUT2D eigenvalue weighted by atomic mass is 9.98. The number of nitrogens with one attached hydrogen (secondary N) is 1. The molecule has 1 aromatic carbocycles. The molecule has 104 valence electrons. The van der Waals surface area contributed by atoms with Crippen molar-refractivity contribution >= 4 is 5.91 Å². The summed E-state index contributed by atoms with van der Waals surface area (Å²) in [5.74, 6) is -0.281. The van der Waals surface area contributed by atoms with Crippen molar-refractivity contribution < 1.29 is 4.79 Å². The Morgan fingerprint density at radius 1 is 1.20 bits per heavy atom. The van der Waals surface area contributed by atoms with Gasteiger partial charge in [-0.05, 0) is 24.1 Å². The molecule has 0 bridgehead atoms. The van der Waals surface area contributed by atoms with Gasteiger partial charge in [0.05, 0.1) is 18.2 Å². The summed E-state index contributed by atoms with van der Waals surface area (Å²) >= 11 is 0. The van der Waals surface area contributed by atoms with Gasteiger partial charge in [-0.15, -0.1) is 0 Å². The number of hydrogen-bond acceptors (Lipinski definition) is 4. The zero-order valence-corrected chi connectivity index (χ0v) is 11.2. The molecule has 2 aromatic rings. The zero-order chi connectivity index (χ0) is 14.2. The number of nitrogens with zero attached hydrogens (tertiary/aromatic N) is 2. The summed E-state index contributed by atoms with van der Waals surface area (Å²) in [6.45, 7) is 0.694. The average Bonchev–Trinajstić information content (AvgIpc) is 2.52. The topological polar surface area (TPSA) is 80.9 Å². The van der Waals surface area contributed by atoms with Gasteiger partial charge in [0, 0.05) is 12.7 Å². The number of aromatic nitrogens is 2. The molecule has 2 rings (SSSR count). The molecule has 1 aromatic heterocycles. The van der Waals surface area contributed by atoms with Crippen LogP contribution in [0.15, 0.2) is 48.7 Å². The fourth-order valence-electron chi connectivity index (χ4n) is 1.93. The first-order chi connectivity index (χ1) is 9.79. The Morgan fingerprint density at radius 3 is 2.65 bits per heavy atom. The second-order valence-electron chi connectivity index (χ2n) is 4.56. The van der Waals surface area contributed by atoms with Gasteiger partial charge in [0.1, 0.15) is 0 Å². The molecular weight excluding hydrogens is 252 g/mol. The fourth-order valence-corrected chi connectivity index (χ4v) is 1.93. The van der Waals surface area contributed by atoms with Gasteiger partial charge >= 0.3 is 0 Å².